The van der Waals surface area contributed by atoms with Gasteiger partial charge in [0.2, 0.25) is 0 Å². The average Bonchev–Trinajstić information content (AvgIpc) is 2.65. The molecule has 1 aliphatic heterocycles. The molecule has 1 saturated heterocycles. The van der Waals surface area contributed by atoms with E-state index in [0.29, 0.717) is 11.5 Å². The Morgan fingerprint density at radius 3 is 2.32 bits per heavy atom. The van der Waals surface area contributed by atoms with Crippen LogP contribution < -0.4 is 4.74 Å². The molecule has 6 heteroatoms. The van der Waals surface area contributed by atoms with Gasteiger partial charge in [0.1, 0.15) is 0 Å². The molecule has 0 bridgehead atoms. The van der Waals surface area contributed by atoms with Gasteiger partial charge in [-0.1, -0.05) is 12.1 Å². The van der Waals surface area contributed by atoms with Crippen molar-refractivity contribution in [2.45, 2.75) is 38.9 Å². The van der Waals surface area contributed by atoms with Crippen LogP contribution in [-0.2, 0) is 9.31 Å². The smallest absolute Gasteiger partial charge is 0.491 e. The van der Waals surface area contributed by atoms with E-state index in [0.717, 1.165) is 11.0 Å². The van der Waals surface area contributed by atoms with Gasteiger partial charge >= 0.3 is 7.12 Å². The maximum Gasteiger partial charge on any atom is 0.491 e. The molecule has 0 aliphatic carbocycles. The van der Waals surface area contributed by atoms with Crippen molar-refractivity contribution in [3.05, 3.63) is 29.2 Å². The lowest BCUT2D eigenvalue weighted by molar-refractivity contribution is 0.00578. The molecule has 0 amide bonds. The molecule has 2 rings (SSSR count). The van der Waals surface area contributed by atoms with E-state index in [-0.39, 0.29) is 17.0 Å². The predicted molar refractivity (Wildman–Crippen MR) is 92.6 cm³/mol. The highest BCUT2D eigenvalue weighted by molar-refractivity contribution is 7.80. The summed E-state index contributed by atoms with van der Waals surface area (Å²) in [6.07, 6.45) is 1.92. The van der Waals surface area contributed by atoms with Crippen molar-refractivity contribution in [1.82, 2.24) is 0 Å². The Kier molecular flexibility index (Phi) is 4.85. The number of phenolic OH excluding ortho intramolecular Hbond substituents is 1. The van der Waals surface area contributed by atoms with Crippen molar-refractivity contribution < 1.29 is 19.2 Å². The molecule has 0 saturated carbocycles. The number of aromatic hydroxyl groups is 1. The van der Waals surface area contributed by atoms with Gasteiger partial charge in [-0.2, -0.15) is 12.6 Å². The van der Waals surface area contributed by atoms with Crippen LogP contribution in [0.2, 0.25) is 0 Å². The third kappa shape index (κ3) is 3.29. The van der Waals surface area contributed by atoms with Crippen molar-refractivity contribution in [2.24, 2.45) is 0 Å². The van der Waals surface area contributed by atoms with Crippen molar-refractivity contribution in [1.29, 1.82) is 0 Å². The fourth-order valence-electron chi connectivity index (χ4n) is 2.19. The fraction of sp³-hybridized carbons (Fsp3) is 0.500. The average molecular weight is 322 g/mol. The van der Waals surface area contributed by atoms with Crippen LogP contribution in [-0.4, -0.2) is 36.3 Å². The summed E-state index contributed by atoms with van der Waals surface area (Å²) < 4.78 is 17.1. The van der Waals surface area contributed by atoms with Crippen LogP contribution in [0.15, 0.2) is 23.7 Å². The summed E-state index contributed by atoms with van der Waals surface area (Å²) >= 11 is 4.38. The second-order valence-electron chi connectivity index (χ2n) is 6.40. The molecule has 4 nitrogen and oxygen atoms in total. The Morgan fingerprint density at radius 1 is 1.27 bits per heavy atom. The molecule has 1 aromatic rings. The van der Waals surface area contributed by atoms with Gasteiger partial charge in [-0.15, -0.1) is 0 Å². The third-order valence-corrected chi connectivity index (χ3v) is 4.66. The van der Waals surface area contributed by atoms with E-state index < -0.39 is 7.12 Å². The SMILES string of the molecule is COc1ccc(C=C(CS)B2OC(C)(C)C(C)(C)O2)cc1O. The first-order valence-corrected chi connectivity index (χ1v) is 7.87. The van der Waals surface area contributed by atoms with E-state index in [2.05, 4.69) is 12.6 Å². The van der Waals surface area contributed by atoms with Gasteiger partial charge in [0.25, 0.3) is 0 Å². The van der Waals surface area contributed by atoms with Gasteiger partial charge in [0, 0.05) is 5.75 Å². The van der Waals surface area contributed by atoms with E-state index in [4.69, 9.17) is 14.0 Å². The first-order chi connectivity index (χ1) is 10.2. The predicted octanol–water partition coefficient (Wildman–Crippen LogP) is 3.35. The number of hydrogen-bond donors (Lipinski definition) is 2. The zero-order valence-electron chi connectivity index (χ0n) is 13.7. The fourth-order valence-corrected chi connectivity index (χ4v) is 2.43. The van der Waals surface area contributed by atoms with E-state index in [1.54, 1.807) is 12.1 Å². The van der Waals surface area contributed by atoms with Crippen molar-refractivity contribution in [3.63, 3.8) is 0 Å². The Morgan fingerprint density at radius 2 is 1.86 bits per heavy atom. The van der Waals surface area contributed by atoms with Crippen LogP contribution in [0.4, 0.5) is 0 Å². The molecule has 0 atom stereocenters. The highest BCUT2D eigenvalue weighted by Gasteiger charge is 2.52. The Bertz CT molecular complexity index is 568. The van der Waals surface area contributed by atoms with Crippen LogP contribution in [0, 0.1) is 0 Å². The maximum atomic E-state index is 9.87. The van der Waals surface area contributed by atoms with E-state index >= 15 is 0 Å². The van der Waals surface area contributed by atoms with Gasteiger partial charge in [-0.3, -0.25) is 0 Å². The highest BCUT2D eigenvalue weighted by Crippen LogP contribution is 2.39. The number of phenols is 1. The number of benzene rings is 1. The van der Waals surface area contributed by atoms with E-state index in [1.807, 2.05) is 39.8 Å². The highest BCUT2D eigenvalue weighted by atomic mass is 32.1. The second-order valence-corrected chi connectivity index (χ2v) is 6.71. The number of methoxy groups -OCH3 is 1. The molecule has 0 unspecified atom stereocenters. The van der Waals surface area contributed by atoms with Crippen LogP contribution in [0.5, 0.6) is 11.5 Å². The van der Waals surface area contributed by atoms with Crippen molar-refractivity contribution in [2.75, 3.05) is 12.9 Å². The van der Waals surface area contributed by atoms with Gasteiger partial charge in [0.05, 0.1) is 18.3 Å². The third-order valence-electron chi connectivity index (χ3n) is 4.29. The van der Waals surface area contributed by atoms with Gasteiger partial charge in [-0.05, 0) is 50.9 Å². The monoisotopic (exact) mass is 322 g/mol. The summed E-state index contributed by atoms with van der Waals surface area (Å²) in [5.41, 5.74) is 0.979. The minimum atomic E-state index is -0.438. The number of rotatable bonds is 4. The summed E-state index contributed by atoms with van der Waals surface area (Å²) in [4.78, 5) is 0. The van der Waals surface area contributed by atoms with Crippen LogP contribution in [0.25, 0.3) is 6.08 Å². The normalized spacial score (nSPS) is 20.3. The number of ether oxygens (including phenoxy) is 1. The van der Waals surface area contributed by atoms with Crippen molar-refractivity contribution in [3.8, 4) is 11.5 Å². The molecule has 120 valence electrons. The molecule has 1 fully saturated rings. The van der Waals surface area contributed by atoms with Gasteiger partial charge < -0.3 is 19.2 Å². The summed E-state index contributed by atoms with van der Waals surface area (Å²) in [5.74, 6) is 1.05. The van der Waals surface area contributed by atoms with Crippen molar-refractivity contribution >= 4 is 25.8 Å². The molecule has 22 heavy (non-hydrogen) atoms. The lowest BCUT2D eigenvalue weighted by Crippen LogP contribution is -2.41. The van der Waals surface area contributed by atoms with E-state index in [9.17, 15) is 5.11 Å². The minimum Gasteiger partial charge on any atom is -0.504 e. The van der Waals surface area contributed by atoms with Crippen LogP contribution >= 0.6 is 12.6 Å². The largest absolute Gasteiger partial charge is 0.504 e. The summed E-state index contributed by atoms with van der Waals surface area (Å²) in [5, 5.41) is 9.87. The number of thiol groups is 1. The van der Waals surface area contributed by atoms with Gasteiger partial charge in [0.15, 0.2) is 11.5 Å². The standard InChI is InChI=1S/C16H23BO4S/c1-15(2)16(3,4)21-17(20-15)12(10-22)8-11-6-7-14(19-5)13(18)9-11/h6-9,18,22H,10H2,1-5H3. The summed E-state index contributed by atoms with van der Waals surface area (Å²) in [6.45, 7) is 8.06. The molecule has 0 aromatic heterocycles. The first-order valence-electron chi connectivity index (χ1n) is 7.24. The minimum absolute atomic E-state index is 0.101. The molecule has 0 radical (unpaired) electrons. The Hall–Kier alpha value is -1.11. The molecular weight excluding hydrogens is 299 g/mol. The molecule has 0 spiro atoms. The second kappa shape index (κ2) is 6.18. The molecule has 1 N–H and O–H groups in total. The molecular formula is C16H23BO4S. The molecule has 1 aromatic carbocycles. The lowest BCUT2D eigenvalue weighted by atomic mass is 9.78. The van der Waals surface area contributed by atoms with Crippen LogP contribution in [0.1, 0.15) is 33.3 Å². The Balaban J connectivity index is 2.27. The maximum absolute atomic E-state index is 9.87. The lowest BCUT2D eigenvalue weighted by Gasteiger charge is -2.32. The van der Waals surface area contributed by atoms with E-state index in [1.165, 1.54) is 7.11 Å². The quantitative estimate of drug-likeness (QED) is 0.659. The number of hydrogen-bond acceptors (Lipinski definition) is 5. The topological polar surface area (TPSA) is 47.9 Å². The van der Waals surface area contributed by atoms with Gasteiger partial charge in [-0.25, -0.2) is 0 Å². The Labute approximate surface area is 138 Å². The zero-order valence-corrected chi connectivity index (χ0v) is 14.6. The zero-order chi connectivity index (χ0) is 16.5. The van der Waals surface area contributed by atoms with Crippen LogP contribution in [0.3, 0.4) is 0 Å². The summed E-state index contributed by atoms with van der Waals surface area (Å²) in [6, 6.07) is 5.24. The first kappa shape index (κ1) is 17.3. The molecule has 1 heterocycles. The molecule has 1 aliphatic rings. The summed E-state index contributed by atoms with van der Waals surface area (Å²) in [7, 11) is 1.08.